The van der Waals surface area contributed by atoms with Gasteiger partial charge in [0.15, 0.2) is 0 Å². The minimum Gasteiger partial charge on any atom is -0.384 e. The van der Waals surface area contributed by atoms with Crippen LogP contribution in [0, 0.1) is 0 Å². The number of nitrogen functional groups attached to an aromatic ring is 1. The van der Waals surface area contributed by atoms with Crippen molar-refractivity contribution in [1.29, 1.82) is 0 Å². The second-order valence-corrected chi connectivity index (χ2v) is 7.63. The van der Waals surface area contributed by atoms with Gasteiger partial charge in [0, 0.05) is 24.4 Å². The van der Waals surface area contributed by atoms with Crippen molar-refractivity contribution in [2.75, 3.05) is 17.6 Å². The third-order valence-corrected chi connectivity index (χ3v) is 5.81. The van der Waals surface area contributed by atoms with Crippen LogP contribution in [0.2, 0.25) is 0 Å². The number of nitrogens with one attached hydrogen (secondary N) is 3. The van der Waals surface area contributed by atoms with Gasteiger partial charge in [-0.05, 0) is 51.7 Å². The fraction of sp³-hybridized carbons (Fsp3) is 0.150. The molecule has 0 bridgehead atoms. The Kier molecular flexibility index (Phi) is 3.98. The van der Waals surface area contributed by atoms with Crippen LogP contribution < -0.4 is 16.4 Å². The number of thiophene rings is 1. The van der Waals surface area contributed by atoms with Crippen LogP contribution in [0.3, 0.4) is 0 Å². The average Bonchev–Trinajstić information content (AvgIpc) is 3.44. The first-order valence-corrected chi connectivity index (χ1v) is 9.89. The Bertz CT molecular complexity index is 1170. The Morgan fingerprint density at radius 3 is 3.11 bits per heavy atom. The molecule has 5 rings (SSSR count). The molecule has 0 fully saturated rings. The number of hydrogen-bond donors (Lipinski definition) is 4. The molecule has 1 aliphatic rings. The number of nitrogens with zero attached hydrogens (tertiary/aromatic N) is 2. The van der Waals surface area contributed by atoms with Crippen molar-refractivity contribution in [3.8, 4) is 0 Å². The van der Waals surface area contributed by atoms with E-state index in [0.29, 0.717) is 17.9 Å². The quantitative estimate of drug-likeness (QED) is 0.428. The molecule has 1 aromatic carbocycles. The van der Waals surface area contributed by atoms with Gasteiger partial charge in [0.05, 0.1) is 29.2 Å². The normalized spacial score (nSPS) is 15.4. The second-order valence-electron chi connectivity index (χ2n) is 6.85. The maximum Gasteiger partial charge on any atom is 0.253 e. The summed E-state index contributed by atoms with van der Waals surface area (Å²) in [5.74, 6) is 0.469. The van der Waals surface area contributed by atoms with E-state index in [0.717, 1.165) is 39.8 Å². The molecule has 3 aromatic heterocycles. The number of anilines is 2. The van der Waals surface area contributed by atoms with E-state index >= 15 is 0 Å². The molecule has 7 nitrogen and oxygen atoms in total. The maximum atomic E-state index is 12.9. The van der Waals surface area contributed by atoms with E-state index < -0.39 is 0 Å². The molecular formula is C20H18N6OS. The highest BCUT2D eigenvalue weighted by atomic mass is 32.1. The van der Waals surface area contributed by atoms with Crippen molar-refractivity contribution in [2.24, 2.45) is 0 Å². The number of nitrogens with two attached hydrogens (primary N) is 1. The number of aromatic nitrogens is 3. The minimum atomic E-state index is -0.122. The molecule has 4 aromatic rings. The number of carbonyl (C=O) groups is 1. The summed E-state index contributed by atoms with van der Waals surface area (Å²) in [6, 6.07) is 7.93. The summed E-state index contributed by atoms with van der Waals surface area (Å²) in [4.78, 5) is 17.1. The monoisotopic (exact) mass is 390 g/mol. The highest BCUT2D eigenvalue weighted by Gasteiger charge is 2.26. The van der Waals surface area contributed by atoms with Crippen LogP contribution in [0.15, 0.2) is 47.4 Å². The molecule has 140 valence electrons. The van der Waals surface area contributed by atoms with E-state index in [1.54, 1.807) is 23.7 Å². The first-order chi connectivity index (χ1) is 13.7. The first-order valence-electron chi connectivity index (χ1n) is 8.94. The first kappa shape index (κ1) is 16.8. The van der Waals surface area contributed by atoms with Crippen LogP contribution in [0.1, 0.15) is 33.0 Å². The van der Waals surface area contributed by atoms with Crippen molar-refractivity contribution < 1.29 is 4.79 Å². The standard InChI is InChI=1S/C20H18N6OS/c21-18-5-14-16(8-22-17(14)9-23-18)12-3-13-7-25-26-19(13)15(4-12)20(27)24-6-11-1-2-28-10-11/h1-5,7,9-10,16,22H,6,8H2,(H2,21,23)(H,24,27)(H,25,26). The van der Waals surface area contributed by atoms with E-state index in [9.17, 15) is 4.79 Å². The Morgan fingerprint density at radius 2 is 2.25 bits per heavy atom. The number of benzene rings is 1. The van der Waals surface area contributed by atoms with Crippen molar-refractivity contribution in [1.82, 2.24) is 20.5 Å². The minimum absolute atomic E-state index is 0.100. The van der Waals surface area contributed by atoms with Gasteiger partial charge in [-0.25, -0.2) is 4.98 Å². The van der Waals surface area contributed by atoms with Gasteiger partial charge >= 0.3 is 0 Å². The summed E-state index contributed by atoms with van der Waals surface area (Å²) in [6.45, 7) is 1.23. The summed E-state index contributed by atoms with van der Waals surface area (Å²) in [5, 5.41) is 18.4. The van der Waals surface area contributed by atoms with Gasteiger partial charge in [-0.15, -0.1) is 0 Å². The fourth-order valence-corrected chi connectivity index (χ4v) is 4.34. The number of rotatable bonds is 4. The van der Waals surface area contributed by atoms with Crippen LogP contribution in [0.5, 0.6) is 0 Å². The van der Waals surface area contributed by atoms with Gasteiger partial charge in [0.2, 0.25) is 0 Å². The number of hydrogen-bond acceptors (Lipinski definition) is 6. The predicted octanol–water partition coefficient (Wildman–Crippen LogP) is 3.09. The van der Waals surface area contributed by atoms with E-state index in [4.69, 9.17) is 5.73 Å². The summed E-state index contributed by atoms with van der Waals surface area (Å²) < 4.78 is 0. The van der Waals surface area contributed by atoms with Gasteiger partial charge in [-0.2, -0.15) is 16.4 Å². The highest BCUT2D eigenvalue weighted by molar-refractivity contribution is 7.07. The van der Waals surface area contributed by atoms with E-state index in [-0.39, 0.29) is 11.8 Å². The Labute approximate surface area is 165 Å². The zero-order valence-corrected chi connectivity index (χ0v) is 15.7. The largest absolute Gasteiger partial charge is 0.384 e. The summed E-state index contributed by atoms with van der Waals surface area (Å²) >= 11 is 1.62. The van der Waals surface area contributed by atoms with Crippen molar-refractivity contribution in [3.05, 3.63) is 69.7 Å². The van der Waals surface area contributed by atoms with Crippen LogP contribution in [-0.4, -0.2) is 27.6 Å². The molecule has 0 saturated heterocycles. The van der Waals surface area contributed by atoms with E-state index in [1.807, 2.05) is 29.0 Å². The van der Waals surface area contributed by atoms with Crippen molar-refractivity contribution >= 4 is 39.7 Å². The molecular weight excluding hydrogens is 372 g/mol. The lowest BCUT2D eigenvalue weighted by atomic mass is 9.91. The lowest BCUT2D eigenvalue weighted by Crippen LogP contribution is -2.23. The topological polar surface area (TPSA) is 109 Å². The molecule has 5 N–H and O–H groups in total. The Balaban J connectivity index is 1.52. The van der Waals surface area contributed by atoms with Crippen LogP contribution in [0.25, 0.3) is 10.9 Å². The maximum absolute atomic E-state index is 12.9. The van der Waals surface area contributed by atoms with Gasteiger partial charge in [0.1, 0.15) is 5.82 Å². The SMILES string of the molecule is Nc1cc2c(cn1)NCC2c1cc(C(=O)NCc2ccsc2)c2[nH]ncc2c1. The summed E-state index contributed by atoms with van der Waals surface area (Å²) in [6.07, 6.45) is 3.51. The molecule has 0 aliphatic carbocycles. The number of pyridine rings is 1. The molecule has 0 radical (unpaired) electrons. The smallest absolute Gasteiger partial charge is 0.253 e. The second kappa shape index (κ2) is 6.65. The molecule has 1 amide bonds. The zero-order valence-electron chi connectivity index (χ0n) is 14.9. The molecule has 1 aliphatic heterocycles. The number of amides is 1. The highest BCUT2D eigenvalue weighted by Crippen LogP contribution is 2.38. The molecule has 0 spiro atoms. The summed E-state index contributed by atoms with van der Waals surface area (Å²) in [7, 11) is 0. The van der Waals surface area contributed by atoms with Gasteiger partial charge in [-0.3, -0.25) is 9.89 Å². The molecule has 1 atom stereocenters. The lowest BCUT2D eigenvalue weighted by Gasteiger charge is -2.14. The van der Waals surface area contributed by atoms with Crippen LogP contribution in [-0.2, 0) is 6.54 Å². The van der Waals surface area contributed by atoms with Crippen LogP contribution >= 0.6 is 11.3 Å². The third-order valence-electron chi connectivity index (χ3n) is 5.08. The number of carbonyl (C=O) groups excluding carboxylic acids is 1. The molecule has 0 saturated carbocycles. The number of H-pyrrole nitrogens is 1. The molecule has 28 heavy (non-hydrogen) atoms. The van der Waals surface area contributed by atoms with E-state index in [2.05, 4.69) is 31.9 Å². The Morgan fingerprint density at radius 1 is 1.32 bits per heavy atom. The van der Waals surface area contributed by atoms with Gasteiger partial charge < -0.3 is 16.4 Å². The fourth-order valence-electron chi connectivity index (χ4n) is 3.68. The predicted molar refractivity (Wildman–Crippen MR) is 111 cm³/mol. The van der Waals surface area contributed by atoms with Crippen LogP contribution in [0.4, 0.5) is 11.5 Å². The number of aromatic amines is 1. The van der Waals surface area contributed by atoms with Gasteiger partial charge in [0.25, 0.3) is 5.91 Å². The Hall–Kier alpha value is -3.39. The molecule has 8 heteroatoms. The zero-order chi connectivity index (χ0) is 19.1. The van der Waals surface area contributed by atoms with E-state index in [1.165, 1.54) is 0 Å². The lowest BCUT2D eigenvalue weighted by molar-refractivity contribution is 0.0952. The van der Waals surface area contributed by atoms with Crippen molar-refractivity contribution in [3.63, 3.8) is 0 Å². The molecule has 4 heterocycles. The van der Waals surface area contributed by atoms with Gasteiger partial charge in [-0.1, -0.05) is 0 Å². The summed E-state index contributed by atoms with van der Waals surface area (Å²) in [5.41, 5.74) is 11.4. The number of fused-ring (bicyclic) bond motifs is 2. The third kappa shape index (κ3) is 2.87. The average molecular weight is 390 g/mol. The molecule has 1 unspecified atom stereocenters. The van der Waals surface area contributed by atoms with Crippen molar-refractivity contribution in [2.45, 2.75) is 12.5 Å².